The summed E-state index contributed by atoms with van der Waals surface area (Å²) in [6.07, 6.45) is 3.17. The molecule has 0 fully saturated rings. The fraction of sp³-hybridized carbons (Fsp3) is 0.344. The van der Waals surface area contributed by atoms with Crippen LogP contribution in [0.25, 0.3) is 0 Å². The van der Waals surface area contributed by atoms with E-state index in [1.165, 1.54) is 24.3 Å². The second-order valence-corrected chi connectivity index (χ2v) is 9.79. The average molecular weight is 563 g/mol. The van der Waals surface area contributed by atoms with Gasteiger partial charge in [-0.2, -0.15) is 0 Å². The summed E-state index contributed by atoms with van der Waals surface area (Å²) in [7, 11) is 0. The van der Waals surface area contributed by atoms with Gasteiger partial charge in [0.1, 0.15) is 30.2 Å². The van der Waals surface area contributed by atoms with Crippen LogP contribution in [0.4, 0.5) is 4.79 Å². The van der Waals surface area contributed by atoms with Crippen LogP contribution in [0.15, 0.2) is 78.9 Å². The third-order valence-electron chi connectivity index (χ3n) is 6.42. The number of ether oxygens (including phenoxy) is 2. The smallest absolute Gasteiger partial charge is 0.408 e. The topological polar surface area (TPSA) is 134 Å². The van der Waals surface area contributed by atoms with Crippen molar-refractivity contribution in [2.75, 3.05) is 6.61 Å². The Morgan fingerprint density at radius 3 is 1.85 bits per heavy atom. The van der Waals surface area contributed by atoms with Crippen molar-refractivity contribution in [1.29, 1.82) is 0 Å². The molecule has 4 N–H and O–H groups in total. The fourth-order valence-corrected chi connectivity index (χ4v) is 4.12. The second kappa shape index (κ2) is 16.5. The normalized spacial score (nSPS) is 12.1. The van der Waals surface area contributed by atoms with Gasteiger partial charge in [0.05, 0.1) is 6.61 Å². The first-order chi connectivity index (χ1) is 19.8. The van der Waals surface area contributed by atoms with Gasteiger partial charge in [0.2, 0.25) is 5.91 Å². The molecule has 218 valence electrons. The summed E-state index contributed by atoms with van der Waals surface area (Å²) in [4.78, 5) is 39.3. The predicted octanol–water partition coefficient (Wildman–Crippen LogP) is 4.79. The zero-order chi connectivity index (χ0) is 29.5. The number of esters is 1. The highest BCUT2D eigenvalue weighted by atomic mass is 16.5. The number of aromatic hydroxyl groups is 2. The van der Waals surface area contributed by atoms with Gasteiger partial charge in [0.15, 0.2) is 0 Å². The van der Waals surface area contributed by atoms with Crippen molar-refractivity contribution < 1.29 is 34.1 Å². The van der Waals surface area contributed by atoms with Crippen molar-refractivity contribution in [3.05, 3.63) is 95.6 Å². The zero-order valence-electron chi connectivity index (χ0n) is 23.3. The Labute approximate surface area is 240 Å². The first kappa shape index (κ1) is 31.0. The van der Waals surface area contributed by atoms with E-state index in [1.54, 1.807) is 24.3 Å². The standard InChI is InChI=1S/C32H38N2O7/c1-2-3-4-8-19-40-31(38)29(21-24-13-17-27(36)18-14-24)33-30(37)28(20-23-11-15-26(35)16-12-23)34-32(39)41-22-25-9-6-5-7-10-25/h5-7,9-18,28-29,35-36H,2-4,8,19-22H2,1H3,(H,33,37)(H,34,39)/t28-,29-/m0/s1. The van der Waals surface area contributed by atoms with E-state index >= 15 is 0 Å². The molecule has 0 heterocycles. The minimum Gasteiger partial charge on any atom is -0.508 e. The Hall–Kier alpha value is -4.53. The highest BCUT2D eigenvalue weighted by molar-refractivity contribution is 5.90. The summed E-state index contributed by atoms with van der Waals surface area (Å²) >= 11 is 0. The first-order valence-corrected chi connectivity index (χ1v) is 13.8. The number of hydrogen-bond donors (Lipinski definition) is 4. The van der Waals surface area contributed by atoms with Crippen molar-refractivity contribution >= 4 is 18.0 Å². The van der Waals surface area contributed by atoms with Gasteiger partial charge in [0, 0.05) is 12.8 Å². The summed E-state index contributed by atoms with van der Waals surface area (Å²) < 4.78 is 10.8. The number of unbranched alkanes of at least 4 members (excludes halogenated alkanes) is 3. The van der Waals surface area contributed by atoms with E-state index in [4.69, 9.17) is 9.47 Å². The van der Waals surface area contributed by atoms with E-state index in [2.05, 4.69) is 17.6 Å². The maximum absolute atomic E-state index is 13.5. The monoisotopic (exact) mass is 562 g/mol. The summed E-state index contributed by atoms with van der Waals surface area (Å²) in [5.41, 5.74) is 2.18. The number of phenols is 2. The van der Waals surface area contributed by atoms with E-state index < -0.39 is 30.1 Å². The number of benzene rings is 3. The molecule has 0 radical (unpaired) electrons. The molecule has 0 aromatic heterocycles. The molecule has 0 unspecified atom stereocenters. The number of nitrogens with one attached hydrogen (secondary N) is 2. The maximum Gasteiger partial charge on any atom is 0.408 e. The maximum atomic E-state index is 13.5. The van der Waals surface area contributed by atoms with E-state index in [9.17, 15) is 24.6 Å². The van der Waals surface area contributed by atoms with Crippen LogP contribution >= 0.6 is 0 Å². The highest BCUT2D eigenvalue weighted by Crippen LogP contribution is 2.14. The molecule has 3 aromatic rings. The van der Waals surface area contributed by atoms with E-state index in [-0.39, 0.29) is 37.6 Å². The third kappa shape index (κ3) is 11.2. The molecule has 9 nitrogen and oxygen atoms in total. The first-order valence-electron chi connectivity index (χ1n) is 13.8. The highest BCUT2D eigenvalue weighted by Gasteiger charge is 2.29. The largest absolute Gasteiger partial charge is 0.508 e. The number of amides is 2. The third-order valence-corrected chi connectivity index (χ3v) is 6.42. The van der Waals surface area contributed by atoms with Gasteiger partial charge in [-0.1, -0.05) is 80.8 Å². The van der Waals surface area contributed by atoms with Crippen molar-refractivity contribution in [2.24, 2.45) is 0 Å². The summed E-state index contributed by atoms with van der Waals surface area (Å²) in [5.74, 6) is -1.03. The van der Waals surface area contributed by atoms with Gasteiger partial charge in [-0.3, -0.25) is 4.79 Å². The minimum atomic E-state index is -1.08. The van der Waals surface area contributed by atoms with Crippen LogP contribution in [0.5, 0.6) is 11.5 Å². The number of phenolic OH excluding ortho intramolecular Hbond substituents is 2. The Morgan fingerprint density at radius 1 is 0.683 bits per heavy atom. The van der Waals surface area contributed by atoms with Gasteiger partial charge >= 0.3 is 12.1 Å². The van der Waals surface area contributed by atoms with Gasteiger partial charge in [-0.25, -0.2) is 9.59 Å². The molecular weight excluding hydrogens is 524 g/mol. The molecule has 0 bridgehead atoms. The van der Waals surface area contributed by atoms with Gasteiger partial charge in [0.25, 0.3) is 0 Å². The Bertz CT molecular complexity index is 1230. The minimum absolute atomic E-state index is 0.0219. The lowest BCUT2D eigenvalue weighted by molar-refractivity contribution is -0.148. The van der Waals surface area contributed by atoms with Gasteiger partial charge in [-0.05, 0) is 47.4 Å². The van der Waals surface area contributed by atoms with Crippen LogP contribution in [0, 0.1) is 0 Å². The SMILES string of the molecule is CCCCCCOC(=O)[C@H](Cc1ccc(O)cc1)NC(=O)[C@H](Cc1ccc(O)cc1)NC(=O)OCc1ccccc1. The molecular formula is C32H38N2O7. The van der Waals surface area contributed by atoms with E-state index in [0.29, 0.717) is 11.1 Å². The molecule has 3 rings (SSSR count). The van der Waals surface area contributed by atoms with E-state index in [1.807, 2.05) is 30.3 Å². The second-order valence-electron chi connectivity index (χ2n) is 9.79. The lowest BCUT2D eigenvalue weighted by atomic mass is 10.0. The molecule has 0 saturated heterocycles. The Morgan fingerprint density at radius 2 is 1.27 bits per heavy atom. The van der Waals surface area contributed by atoms with Gasteiger partial charge < -0.3 is 30.3 Å². The molecule has 0 aliphatic carbocycles. The van der Waals surface area contributed by atoms with Crippen LogP contribution in [0.1, 0.15) is 49.3 Å². The number of carbonyl (C=O) groups is 3. The average Bonchev–Trinajstić information content (AvgIpc) is 2.98. The zero-order valence-corrected chi connectivity index (χ0v) is 23.3. The predicted molar refractivity (Wildman–Crippen MR) is 154 cm³/mol. The number of carbonyl (C=O) groups excluding carboxylic acids is 3. The number of rotatable bonds is 15. The van der Waals surface area contributed by atoms with Crippen molar-refractivity contribution in [3.63, 3.8) is 0 Å². The molecule has 3 aromatic carbocycles. The van der Waals surface area contributed by atoms with Crippen LogP contribution in [0.2, 0.25) is 0 Å². The number of hydrogen-bond acceptors (Lipinski definition) is 7. The molecule has 9 heteroatoms. The van der Waals surface area contributed by atoms with Gasteiger partial charge in [-0.15, -0.1) is 0 Å². The van der Waals surface area contributed by atoms with Crippen LogP contribution in [-0.2, 0) is 38.5 Å². The summed E-state index contributed by atoms with van der Waals surface area (Å²) in [5, 5.41) is 24.6. The van der Waals surface area contributed by atoms with Crippen molar-refractivity contribution in [1.82, 2.24) is 10.6 Å². The van der Waals surface area contributed by atoms with E-state index in [0.717, 1.165) is 31.2 Å². The molecule has 0 aliphatic rings. The molecule has 41 heavy (non-hydrogen) atoms. The fourth-order valence-electron chi connectivity index (χ4n) is 4.12. The van der Waals surface area contributed by atoms with Crippen LogP contribution in [0.3, 0.4) is 0 Å². The van der Waals surface area contributed by atoms with Crippen LogP contribution in [-0.4, -0.2) is 46.9 Å². The van der Waals surface area contributed by atoms with Crippen molar-refractivity contribution in [3.8, 4) is 11.5 Å². The molecule has 0 spiro atoms. The summed E-state index contributed by atoms with van der Waals surface area (Å²) in [6.45, 7) is 2.35. The molecule has 0 aliphatic heterocycles. The van der Waals surface area contributed by atoms with Crippen LogP contribution < -0.4 is 10.6 Å². The Kier molecular flexibility index (Phi) is 12.5. The lowest BCUT2D eigenvalue weighted by Gasteiger charge is -2.23. The lowest BCUT2D eigenvalue weighted by Crippen LogP contribution is -2.53. The molecule has 2 amide bonds. The Balaban J connectivity index is 1.73. The van der Waals surface area contributed by atoms with Crippen molar-refractivity contribution in [2.45, 2.75) is 64.1 Å². The summed E-state index contributed by atoms with van der Waals surface area (Å²) in [6, 6.07) is 19.6. The number of alkyl carbamates (subject to hydrolysis) is 1. The quantitative estimate of drug-likeness (QED) is 0.155. The molecule has 2 atom stereocenters. The molecule has 0 saturated carbocycles.